The summed E-state index contributed by atoms with van der Waals surface area (Å²) in [5, 5.41) is 1.82. The maximum atomic E-state index is 11.2. The van der Waals surface area contributed by atoms with Gasteiger partial charge in [0.05, 0.1) is 24.9 Å². The van der Waals surface area contributed by atoms with Gasteiger partial charge in [0, 0.05) is 12.4 Å². The van der Waals surface area contributed by atoms with E-state index in [1.54, 1.807) is 5.51 Å². The van der Waals surface area contributed by atoms with Gasteiger partial charge in [0.1, 0.15) is 0 Å². The summed E-state index contributed by atoms with van der Waals surface area (Å²) >= 11 is 1.44. The van der Waals surface area contributed by atoms with Gasteiger partial charge in [0.15, 0.2) is 0 Å². The largest absolute Gasteiger partial charge is 0.462 e. The van der Waals surface area contributed by atoms with Crippen molar-refractivity contribution in [2.45, 2.75) is 6.54 Å². The maximum absolute atomic E-state index is 11.2. The lowest BCUT2D eigenvalue weighted by Crippen LogP contribution is -2.33. The number of methoxy groups -OCH3 is 1. The lowest BCUT2D eigenvalue weighted by molar-refractivity contribution is -0.157. The van der Waals surface area contributed by atoms with E-state index >= 15 is 0 Å². The number of likely N-dealkylation sites (N-methyl/N-ethyl adjacent to an activating group) is 1. The Balaban J connectivity index is 2.54. The van der Waals surface area contributed by atoms with Gasteiger partial charge in [-0.3, -0.25) is 4.79 Å². The lowest BCUT2D eigenvalue weighted by Gasteiger charge is -2.13. The van der Waals surface area contributed by atoms with Gasteiger partial charge >= 0.3 is 11.9 Å². The van der Waals surface area contributed by atoms with Crippen LogP contribution >= 0.6 is 11.3 Å². The summed E-state index contributed by atoms with van der Waals surface area (Å²) in [6.07, 6.45) is 0. The molecule has 6 heteroatoms. The number of hydrogen-bond acceptors (Lipinski definition) is 5. The Kier molecular flexibility index (Phi) is 3.58. The SMILES string of the molecule is COC(=O)C(=O)N(C)Cc1cscn1. The first-order valence-corrected chi connectivity index (χ1v) is 4.80. The maximum Gasteiger partial charge on any atom is 0.396 e. The van der Waals surface area contributed by atoms with E-state index in [1.807, 2.05) is 5.38 Å². The molecule has 0 saturated carbocycles. The van der Waals surface area contributed by atoms with Crippen molar-refractivity contribution in [3.63, 3.8) is 0 Å². The molecule has 76 valence electrons. The zero-order chi connectivity index (χ0) is 10.6. The zero-order valence-corrected chi connectivity index (χ0v) is 8.71. The minimum Gasteiger partial charge on any atom is -0.462 e. The van der Waals surface area contributed by atoms with Crippen LogP contribution < -0.4 is 0 Å². The number of hydrogen-bond donors (Lipinski definition) is 0. The predicted octanol–water partition coefficient (Wildman–Crippen LogP) is 0.274. The molecule has 0 aromatic carbocycles. The van der Waals surface area contributed by atoms with E-state index in [0.717, 1.165) is 5.69 Å². The van der Waals surface area contributed by atoms with Crippen LogP contribution in [0.3, 0.4) is 0 Å². The van der Waals surface area contributed by atoms with Crippen molar-refractivity contribution in [3.8, 4) is 0 Å². The van der Waals surface area contributed by atoms with Crippen molar-refractivity contribution < 1.29 is 14.3 Å². The van der Waals surface area contributed by atoms with Crippen molar-refractivity contribution in [2.75, 3.05) is 14.2 Å². The first-order chi connectivity index (χ1) is 6.65. The molecule has 0 bridgehead atoms. The number of carbonyl (C=O) groups excluding carboxylic acids is 2. The molecule has 0 unspecified atom stereocenters. The third-order valence-corrected chi connectivity index (χ3v) is 2.22. The molecule has 1 rings (SSSR count). The fourth-order valence-electron chi connectivity index (χ4n) is 0.874. The average Bonchev–Trinajstić information content (AvgIpc) is 2.68. The molecule has 0 spiro atoms. The summed E-state index contributed by atoms with van der Waals surface area (Å²) in [7, 11) is 2.70. The number of amides is 1. The van der Waals surface area contributed by atoms with Gasteiger partial charge in [-0.2, -0.15) is 0 Å². The number of rotatable bonds is 2. The molecule has 1 aromatic heterocycles. The van der Waals surface area contributed by atoms with E-state index < -0.39 is 11.9 Å². The molecule has 1 heterocycles. The molecular weight excluding hydrogens is 204 g/mol. The van der Waals surface area contributed by atoms with Crippen LogP contribution in [-0.4, -0.2) is 35.9 Å². The number of carbonyl (C=O) groups is 2. The number of thiazole rings is 1. The van der Waals surface area contributed by atoms with Crippen molar-refractivity contribution in [3.05, 3.63) is 16.6 Å². The fraction of sp³-hybridized carbons (Fsp3) is 0.375. The zero-order valence-electron chi connectivity index (χ0n) is 7.89. The smallest absolute Gasteiger partial charge is 0.396 e. The molecule has 0 saturated heterocycles. The van der Waals surface area contributed by atoms with Crippen LogP contribution in [0.25, 0.3) is 0 Å². The molecule has 5 nitrogen and oxygen atoms in total. The second kappa shape index (κ2) is 4.71. The normalized spacial score (nSPS) is 9.57. The summed E-state index contributed by atoms with van der Waals surface area (Å²) < 4.78 is 4.30. The highest BCUT2D eigenvalue weighted by atomic mass is 32.1. The van der Waals surface area contributed by atoms with Gasteiger partial charge < -0.3 is 9.64 Å². The second-order valence-corrected chi connectivity index (χ2v) is 3.35. The van der Waals surface area contributed by atoms with Crippen molar-refractivity contribution in [1.29, 1.82) is 0 Å². The molecule has 0 aliphatic heterocycles. The first-order valence-electron chi connectivity index (χ1n) is 3.85. The molecule has 0 N–H and O–H groups in total. The van der Waals surface area contributed by atoms with Gasteiger partial charge in [-0.25, -0.2) is 9.78 Å². The topological polar surface area (TPSA) is 59.5 Å². The third kappa shape index (κ3) is 2.53. The average molecular weight is 214 g/mol. The highest BCUT2D eigenvalue weighted by molar-refractivity contribution is 7.07. The molecule has 1 aromatic rings. The predicted molar refractivity (Wildman–Crippen MR) is 50.6 cm³/mol. The lowest BCUT2D eigenvalue weighted by atomic mass is 10.4. The van der Waals surface area contributed by atoms with E-state index in [9.17, 15) is 9.59 Å². The minimum absolute atomic E-state index is 0.317. The Morgan fingerprint density at radius 2 is 2.36 bits per heavy atom. The second-order valence-electron chi connectivity index (χ2n) is 2.63. The molecule has 1 amide bonds. The molecule has 0 atom stereocenters. The standard InChI is InChI=1S/C8H10N2O3S/c1-10(7(11)8(12)13-2)3-6-4-14-5-9-6/h4-5H,3H2,1-2H3. The Bertz CT molecular complexity index is 323. The quantitative estimate of drug-likeness (QED) is 0.524. The summed E-state index contributed by atoms with van der Waals surface area (Å²) in [6, 6.07) is 0. The van der Waals surface area contributed by atoms with E-state index in [0.29, 0.717) is 6.54 Å². The third-order valence-electron chi connectivity index (χ3n) is 1.59. The minimum atomic E-state index is -0.859. The van der Waals surface area contributed by atoms with E-state index in [-0.39, 0.29) is 0 Å². The van der Waals surface area contributed by atoms with Crippen LogP contribution in [-0.2, 0) is 20.9 Å². The Labute approximate surface area is 85.3 Å². The van der Waals surface area contributed by atoms with Crippen LogP contribution in [0.4, 0.5) is 0 Å². The molecule has 0 aliphatic carbocycles. The number of aromatic nitrogens is 1. The summed E-state index contributed by atoms with van der Waals surface area (Å²) in [5.41, 5.74) is 2.43. The molecule has 14 heavy (non-hydrogen) atoms. The van der Waals surface area contributed by atoms with Crippen LogP contribution in [0.1, 0.15) is 5.69 Å². The van der Waals surface area contributed by atoms with Crippen molar-refractivity contribution in [1.82, 2.24) is 9.88 Å². The van der Waals surface area contributed by atoms with E-state index in [2.05, 4.69) is 9.72 Å². The van der Waals surface area contributed by atoms with E-state index in [4.69, 9.17) is 0 Å². The summed E-state index contributed by atoms with van der Waals surface area (Å²) in [6.45, 7) is 0.317. The molecule has 0 radical (unpaired) electrons. The number of ether oxygens (including phenoxy) is 1. The first kappa shape index (κ1) is 10.6. The van der Waals surface area contributed by atoms with Crippen molar-refractivity contribution in [2.24, 2.45) is 0 Å². The van der Waals surface area contributed by atoms with Crippen molar-refractivity contribution >= 4 is 23.2 Å². The van der Waals surface area contributed by atoms with Gasteiger partial charge in [-0.1, -0.05) is 0 Å². The van der Waals surface area contributed by atoms with E-state index in [1.165, 1.54) is 30.4 Å². The van der Waals surface area contributed by atoms with Gasteiger partial charge in [0.2, 0.25) is 0 Å². The Morgan fingerprint density at radius 1 is 1.64 bits per heavy atom. The molecule has 0 fully saturated rings. The van der Waals surface area contributed by atoms with Crippen LogP contribution in [0.15, 0.2) is 10.9 Å². The van der Waals surface area contributed by atoms with Crippen LogP contribution in [0.5, 0.6) is 0 Å². The Hall–Kier alpha value is -1.43. The van der Waals surface area contributed by atoms with Gasteiger partial charge in [0.25, 0.3) is 0 Å². The molecule has 0 aliphatic rings. The molecular formula is C8H10N2O3S. The highest BCUT2D eigenvalue weighted by Gasteiger charge is 2.19. The van der Waals surface area contributed by atoms with Gasteiger partial charge in [-0.15, -0.1) is 11.3 Å². The fourth-order valence-corrected chi connectivity index (χ4v) is 1.42. The Morgan fingerprint density at radius 3 is 2.86 bits per heavy atom. The van der Waals surface area contributed by atoms with Crippen LogP contribution in [0.2, 0.25) is 0 Å². The summed E-state index contributed by atoms with van der Waals surface area (Å²) in [4.78, 5) is 27.3. The monoisotopic (exact) mass is 214 g/mol. The van der Waals surface area contributed by atoms with Gasteiger partial charge in [-0.05, 0) is 0 Å². The number of nitrogens with zero attached hydrogens (tertiary/aromatic N) is 2. The number of esters is 1. The highest BCUT2D eigenvalue weighted by Crippen LogP contribution is 2.04. The summed E-state index contributed by atoms with van der Waals surface area (Å²) in [5.74, 6) is -1.52. The van der Waals surface area contributed by atoms with Crippen LogP contribution in [0, 0.1) is 0 Å².